The normalized spacial score (nSPS) is 12.0. The second kappa shape index (κ2) is 21.6. The molecule has 0 unspecified atom stereocenters. The van der Waals surface area contributed by atoms with Crippen LogP contribution in [0.2, 0.25) is 0 Å². The summed E-state index contributed by atoms with van der Waals surface area (Å²) in [7, 11) is 0. The first-order valence-corrected chi connectivity index (χ1v) is 18.6. The van der Waals surface area contributed by atoms with Crippen molar-refractivity contribution in [1.82, 2.24) is 4.57 Å². The fraction of sp³-hybridized carbons (Fsp3) is 0.512. The maximum Gasteiger partial charge on any atom is 0.261 e. The molecule has 0 fully saturated rings. The Balaban J connectivity index is 1.22. The van der Waals surface area contributed by atoms with Crippen LogP contribution in [0.25, 0.3) is 5.69 Å². The Morgan fingerprint density at radius 3 is 1.60 bits per heavy atom. The van der Waals surface area contributed by atoms with Gasteiger partial charge in [0.25, 0.3) is 5.82 Å². The number of benzene rings is 3. The van der Waals surface area contributed by atoms with Gasteiger partial charge in [0.15, 0.2) is 0 Å². The van der Waals surface area contributed by atoms with Crippen molar-refractivity contribution in [3.63, 3.8) is 0 Å². The monoisotopic (exact) mass is 605 g/mol. The lowest BCUT2D eigenvalue weighted by Crippen LogP contribution is -2.37. The highest BCUT2D eigenvalue weighted by Gasteiger charge is 2.21. The zero-order chi connectivity index (χ0) is 31.2. The van der Waals surface area contributed by atoms with Crippen molar-refractivity contribution in [3.8, 4) is 5.69 Å². The third kappa shape index (κ3) is 13.0. The molecule has 3 aromatic carbocycles. The van der Waals surface area contributed by atoms with Crippen LogP contribution in [0.15, 0.2) is 103 Å². The van der Waals surface area contributed by atoms with Gasteiger partial charge in [0.05, 0.1) is 13.0 Å². The minimum absolute atomic E-state index is 0.497. The molecule has 0 bridgehead atoms. The molecule has 0 saturated heterocycles. The first-order chi connectivity index (χ1) is 22.3. The fourth-order valence-electron chi connectivity index (χ4n) is 6.89. The van der Waals surface area contributed by atoms with Gasteiger partial charge in [-0.25, -0.2) is 4.57 Å². The molecule has 1 aromatic heterocycles. The summed E-state index contributed by atoms with van der Waals surface area (Å²) in [5, 5.41) is 0. The molecule has 4 aromatic rings. The molecule has 0 saturated carbocycles. The van der Waals surface area contributed by atoms with Crippen LogP contribution in [0.5, 0.6) is 0 Å². The highest BCUT2D eigenvalue weighted by molar-refractivity contribution is 5.32. The van der Waals surface area contributed by atoms with Gasteiger partial charge in [-0.3, -0.25) is 0 Å². The zero-order valence-corrected chi connectivity index (χ0v) is 28.4. The minimum Gasteiger partial charge on any atom is -0.234 e. The molecule has 0 N–H and O–H groups in total. The van der Waals surface area contributed by atoms with E-state index in [0.717, 1.165) is 25.8 Å². The van der Waals surface area contributed by atoms with Crippen molar-refractivity contribution >= 4 is 0 Å². The second-order valence-corrected chi connectivity index (χ2v) is 13.3. The van der Waals surface area contributed by atoms with E-state index in [-0.39, 0.29) is 0 Å². The summed E-state index contributed by atoms with van der Waals surface area (Å²) in [4.78, 5) is 0. The van der Waals surface area contributed by atoms with E-state index in [1.54, 1.807) is 0 Å². The van der Waals surface area contributed by atoms with Gasteiger partial charge in [-0.05, 0) is 54.9 Å². The second-order valence-electron chi connectivity index (χ2n) is 13.3. The van der Waals surface area contributed by atoms with E-state index >= 15 is 0 Å². The Morgan fingerprint density at radius 2 is 1.04 bits per heavy atom. The first-order valence-electron chi connectivity index (χ1n) is 18.6. The molecular weight excluding hydrogens is 544 g/mol. The smallest absolute Gasteiger partial charge is 0.234 e. The van der Waals surface area contributed by atoms with E-state index in [1.165, 1.54) is 125 Å². The third-order valence-corrected chi connectivity index (χ3v) is 9.60. The molecule has 1 atom stereocenters. The Labute approximate surface area is 275 Å². The molecule has 45 heavy (non-hydrogen) atoms. The molecule has 0 aliphatic carbocycles. The summed E-state index contributed by atoms with van der Waals surface area (Å²) in [6, 6.07) is 33.1. The standard InChI is InChI=1S/C43H61N2/c1-2-3-4-5-6-7-8-9-10-11-12-13-14-15-16-26-35-44-36-37-45(42-31-24-19-25-32-42)43(44)34-33-41(40-29-22-18-23-30-40)38-39-27-20-17-21-28-39/h17-25,27-32,36-37,41H,2-16,26,33-35,38H2,1H3/q+1/t41-/m0/s1. The van der Waals surface area contributed by atoms with Crippen LogP contribution in [0.1, 0.15) is 139 Å². The van der Waals surface area contributed by atoms with E-state index in [2.05, 4.69) is 119 Å². The van der Waals surface area contributed by atoms with Gasteiger partial charge in [0.2, 0.25) is 0 Å². The van der Waals surface area contributed by atoms with Crippen molar-refractivity contribution in [2.75, 3.05) is 0 Å². The Hall–Kier alpha value is -3.13. The lowest BCUT2D eigenvalue weighted by Gasteiger charge is -2.17. The molecule has 4 rings (SSSR count). The van der Waals surface area contributed by atoms with Crippen LogP contribution >= 0.6 is 0 Å². The molecule has 0 aliphatic heterocycles. The highest BCUT2D eigenvalue weighted by atomic mass is 15.1. The lowest BCUT2D eigenvalue weighted by molar-refractivity contribution is -0.704. The molecule has 0 radical (unpaired) electrons. The van der Waals surface area contributed by atoms with E-state index < -0.39 is 0 Å². The summed E-state index contributed by atoms with van der Waals surface area (Å²) in [5.41, 5.74) is 4.13. The number of unbranched alkanes of at least 4 members (excludes halogenated alkanes) is 15. The Bertz CT molecular complexity index is 1260. The van der Waals surface area contributed by atoms with Crippen molar-refractivity contribution in [1.29, 1.82) is 0 Å². The van der Waals surface area contributed by atoms with Crippen LogP contribution < -0.4 is 4.57 Å². The zero-order valence-electron chi connectivity index (χ0n) is 28.4. The van der Waals surface area contributed by atoms with Gasteiger partial charge < -0.3 is 0 Å². The van der Waals surface area contributed by atoms with Crippen LogP contribution in [-0.4, -0.2) is 4.57 Å². The minimum atomic E-state index is 0.497. The summed E-state index contributed by atoms with van der Waals surface area (Å²) in [6.07, 6.45) is 30.5. The molecule has 0 aliphatic rings. The average Bonchev–Trinajstić information content (AvgIpc) is 3.50. The van der Waals surface area contributed by atoms with Gasteiger partial charge in [-0.15, -0.1) is 0 Å². The summed E-state index contributed by atoms with van der Waals surface area (Å²) < 4.78 is 4.97. The van der Waals surface area contributed by atoms with Gasteiger partial charge in [0.1, 0.15) is 18.1 Å². The quantitative estimate of drug-likeness (QED) is 0.0555. The Kier molecular flexibility index (Phi) is 16.7. The number of imidazole rings is 1. The molecular formula is C43H61N2+. The SMILES string of the molecule is CCCCCCCCCCCCCCCCCC[n+]1ccn(-c2ccccc2)c1CC[C@@H](Cc1ccccc1)c1ccccc1. The molecule has 0 spiro atoms. The highest BCUT2D eigenvalue weighted by Crippen LogP contribution is 2.26. The largest absolute Gasteiger partial charge is 0.261 e. The fourth-order valence-corrected chi connectivity index (χ4v) is 6.89. The van der Waals surface area contributed by atoms with Crippen LogP contribution in [-0.2, 0) is 19.4 Å². The first kappa shape index (κ1) is 34.7. The number of aromatic nitrogens is 2. The van der Waals surface area contributed by atoms with Crippen LogP contribution in [0, 0.1) is 0 Å². The van der Waals surface area contributed by atoms with Crippen molar-refractivity contribution in [3.05, 3.63) is 120 Å². The maximum atomic E-state index is 2.54. The van der Waals surface area contributed by atoms with E-state index in [4.69, 9.17) is 0 Å². The van der Waals surface area contributed by atoms with E-state index in [0.29, 0.717) is 5.92 Å². The van der Waals surface area contributed by atoms with Crippen molar-refractivity contribution in [2.45, 2.75) is 141 Å². The predicted octanol–water partition coefficient (Wildman–Crippen LogP) is 12.0. The van der Waals surface area contributed by atoms with Gasteiger partial charge in [-0.2, -0.15) is 4.57 Å². The number of hydrogen-bond acceptors (Lipinski definition) is 0. The van der Waals surface area contributed by atoms with Crippen molar-refractivity contribution < 1.29 is 4.57 Å². The van der Waals surface area contributed by atoms with Crippen molar-refractivity contribution in [2.24, 2.45) is 0 Å². The van der Waals surface area contributed by atoms with E-state index in [1.807, 2.05) is 0 Å². The Morgan fingerprint density at radius 1 is 0.556 bits per heavy atom. The average molecular weight is 606 g/mol. The number of hydrogen-bond donors (Lipinski definition) is 0. The maximum absolute atomic E-state index is 2.54. The van der Waals surface area contributed by atoms with Gasteiger partial charge in [-0.1, -0.05) is 176 Å². The van der Waals surface area contributed by atoms with E-state index in [9.17, 15) is 0 Å². The molecule has 2 nitrogen and oxygen atoms in total. The topological polar surface area (TPSA) is 8.81 Å². The molecule has 1 heterocycles. The number of rotatable bonds is 24. The summed E-state index contributed by atoms with van der Waals surface area (Å²) in [6.45, 7) is 3.42. The summed E-state index contributed by atoms with van der Waals surface area (Å²) >= 11 is 0. The molecule has 0 amide bonds. The lowest BCUT2D eigenvalue weighted by atomic mass is 9.88. The molecule has 242 valence electrons. The number of aryl methyl sites for hydroxylation is 1. The summed E-state index contributed by atoms with van der Waals surface area (Å²) in [5.74, 6) is 1.92. The predicted molar refractivity (Wildman–Crippen MR) is 193 cm³/mol. The number of nitrogens with zero attached hydrogens (tertiary/aromatic N) is 2. The van der Waals surface area contributed by atoms with Gasteiger partial charge in [0, 0.05) is 0 Å². The third-order valence-electron chi connectivity index (χ3n) is 9.60. The molecule has 2 heteroatoms. The van der Waals surface area contributed by atoms with Gasteiger partial charge >= 0.3 is 0 Å². The van der Waals surface area contributed by atoms with Crippen LogP contribution in [0.4, 0.5) is 0 Å². The number of para-hydroxylation sites is 1. The van der Waals surface area contributed by atoms with Crippen LogP contribution in [0.3, 0.4) is 0 Å².